The molecule has 5 nitrogen and oxygen atoms in total. The second-order valence-corrected chi connectivity index (χ2v) is 5.87. The van der Waals surface area contributed by atoms with Gasteiger partial charge in [0.1, 0.15) is 5.75 Å². The van der Waals surface area contributed by atoms with Crippen LogP contribution in [-0.2, 0) is 16.1 Å². The van der Waals surface area contributed by atoms with Gasteiger partial charge in [-0.1, -0.05) is 32.0 Å². The summed E-state index contributed by atoms with van der Waals surface area (Å²) < 4.78 is 5.50. The monoisotopic (exact) mass is 291 g/mol. The molecule has 1 aromatic carbocycles. The number of carbonyl (C=O) groups is 2. The lowest BCUT2D eigenvalue weighted by Gasteiger charge is -2.11. The summed E-state index contributed by atoms with van der Waals surface area (Å²) in [5, 5.41) is 11.9. The molecule has 21 heavy (non-hydrogen) atoms. The Balaban J connectivity index is 1.98. The van der Waals surface area contributed by atoms with E-state index in [1.165, 1.54) is 0 Å². The number of para-hydroxylation sites is 1. The molecule has 1 aromatic rings. The zero-order chi connectivity index (χ0) is 15.6. The fourth-order valence-electron chi connectivity index (χ4n) is 2.83. The van der Waals surface area contributed by atoms with Gasteiger partial charge in [-0.05, 0) is 18.4 Å². The molecule has 0 spiro atoms. The van der Waals surface area contributed by atoms with Crippen LogP contribution in [-0.4, -0.2) is 23.6 Å². The second-order valence-electron chi connectivity index (χ2n) is 5.87. The highest BCUT2D eigenvalue weighted by atomic mass is 16.5. The van der Waals surface area contributed by atoms with Gasteiger partial charge in [0, 0.05) is 12.1 Å². The third-order valence-electron chi connectivity index (χ3n) is 4.10. The minimum atomic E-state index is -0.908. The number of carboxylic acid groups (broad SMARTS) is 1. The summed E-state index contributed by atoms with van der Waals surface area (Å²) in [6, 6.07) is 7.50. The molecule has 0 heterocycles. The Morgan fingerprint density at radius 2 is 1.95 bits per heavy atom. The van der Waals surface area contributed by atoms with Crippen molar-refractivity contribution in [3.8, 4) is 5.75 Å². The van der Waals surface area contributed by atoms with Gasteiger partial charge >= 0.3 is 5.97 Å². The molecule has 1 aliphatic carbocycles. The van der Waals surface area contributed by atoms with Gasteiger partial charge in [-0.3, -0.25) is 9.59 Å². The Hall–Kier alpha value is -2.04. The van der Waals surface area contributed by atoms with Crippen LogP contribution in [0.15, 0.2) is 24.3 Å². The SMILES string of the molecule is CCOc1ccccc1CNC(=O)[C@@H]1[C@H](C(=O)O)C1(C)C. The number of hydrogen-bond donors (Lipinski definition) is 2. The Morgan fingerprint density at radius 3 is 2.52 bits per heavy atom. The topological polar surface area (TPSA) is 75.6 Å². The third-order valence-corrected chi connectivity index (χ3v) is 4.10. The zero-order valence-electron chi connectivity index (χ0n) is 12.6. The van der Waals surface area contributed by atoms with E-state index in [9.17, 15) is 9.59 Å². The van der Waals surface area contributed by atoms with Crippen LogP contribution in [0.1, 0.15) is 26.3 Å². The standard InChI is InChI=1S/C16H21NO4/c1-4-21-11-8-6-5-7-10(11)9-17-14(18)12-13(15(19)20)16(12,2)3/h5-8,12-13H,4,9H2,1-3H3,(H,17,18)(H,19,20)/t12-,13+/m0/s1. The van der Waals surface area contributed by atoms with Gasteiger partial charge in [0.25, 0.3) is 0 Å². The van der Waals surface area contributed by atoms with Crippen LogP contribution in [0.25, 0.3) is 0 Å². The Labute approximate surface area is 124 Å². The van der Waals surface area contributed by atoms with E-state index >= 15 is 0 Å². The van der Waals surface area contributed by atoms with Crippen LogP contribution in [0.2, 0.25) is 0 Å². The highest BCUT2D eigenvalue weighted by molar-refractivity contribution is 5.91. The first-order valence-electron chi connectivity index (χ1n) is 7.10. The third kappa shape index (κ3) is 3.01. The summed E-state index contributed by atoms with van der Waals surface area (Å²) in [4.78, 5) is 23.3. The molecule has 1 aliphatic rings. The van der Waals surface area contributed by atoms with Crippen molar-refractivity contribution in [2.45, 2.75) is 27.3 Å². The molecular formula is C16H21NO4. The van der Waals surface area contributed by atoms with Crippen molar-refractivity contribution in [1.82, 2.24) is 5.32 Å². The van der Waals surface area contributed by atoms with Crippen LogP contribution in [0.5, 0.6) is 5.75 Å². The van der Waals surface area contributed by atoms with Gasteiger partial charge in [-0.2, -0.15) is 0 Å². The first-order valence-corrected chi connectivity index (χ1v) is 7.10. The van der Waals surface area contributed by atoms with Crippen molar-refractivity contribution >= 4 is 11.9 Å². The number of nitrogens with one attached hydrogen (secondary N) is 1. The van der Waals surface area contributed by atoms with E-state index in [2.05, 4.69) is 5.32 Å². The molecule has 0 saturated heterocycles. The predicted octanol–water partition coefficient (Wildman–Crippen LogP) is 2.06. The van der Waals surface area contributed by atoms with E-state index < -0.39 is 23.2 Å². The molecule has 2 N–H and O–H groups in total. The molecular weight excluding hydrogens is 270 g/mol. The second kappa shape index (κ2) is 5.76. The lowest BCUT2D eigenvalue weighted by molar-refractivity contribution is -0.140. The van der Waals surface area contributed by atoms with Crippen LogP contribution in [0.4, 0.5) is 0 Å². The normalized spacial score (nSPS) is 22.4. The molecule has 0 unspecified atom stereocenters. The largest absolute Gasteiger partial charge is 0.494 e. The van der Waals surface area contributed by atoms with Crippen LogP contribution >= 0.6 is 0 Å². The highest BCUT2D eigenvalue weighted by Crippen LogP contribution is 2.58. The number of ether oxygens (including phenoxy) is 1. The molecule has 0 bridgehead atoms. The molecule has 0 aromatic heterocycles. The molecule has 1 amide bonds. The van der Waals surface area contributed by atoms with Crippen molar-refractivity contribution in [2.75, 3.05) is 6.61 Å². The van der Waals surface area contributed by atoms with Crippen LogP contribution in [0, 0.1) is 17.3 Å². The fraction of sp³-hybridized carbons (Fsp3) is 0.500. The number of rotatable bonds is 6. The smallest absolute Gasteiger partial charge is 0.307 e. The van der Waals surface area contributed by atoms with E-state index in [0.29, 0.717) is 13.2 Å². The number of hydrogen-bond acceptors (Lipinski definition) is 3. The molecule has 2 rings (SSSR count). The first-order chi connectivity index (χ1) is 9.89. The summed E-state index contributed by atoms with van der Waals surface area (Å²) in [6.07, 6.45) is 0. The maximum Gasteiger partial charge on any atom is 0.307 e. The zero-order valence-corrected chi connectivity index (χ0v) is 12.6. The van der Waals surface area contributed by atoms with E-state index in [-0.39, 0.29) is 5.91 Å². The quantitative estimate of drug-likeness (QED) is 0.841. The van der Waals surface area contributed by atoms with Gasteiger partial charge in [0.05, 0.1) is 18.4 Å². The van der Waals surface area contributed by atoms with Gasteiger partial charge in [-0.25, -0.2) is 0 Å². The maximum atomic E-state index is 12.2. The van der Waals surface area contributed by atoms with Crippen molar-refractivity contribution < 1.29 is 19.4 Å². The van der Waals surface area contributed by atoms with Gasteiger partial charge in [0.15, 0.2) is 0 Å². The molecule has 5 heteroatoms. The predicted molar refractivity (Wildman–Crippen MR) is 77.9 cm³/mol. The maximum absolute atomic E-state index is 12.2. The number of benzene rings is 1. The summed E-state index contributed by atoms with van der Waals surface area (Å²) in [5.74, 6) is -1.44. The van der Waals surface area contributed by atoms with Gasteiger partial charge in [-0.15, -0.1) is 0 Å². The van der Waals surface area contributed by atoms with Crippen molar-refractivity contribution in [2.24, 2.45) is 17.3 Å². The molecule has 114 valence electrons. The van der Waals surface area contributed by atoms with E-state index in [4.69, 9.17) is 9.84 Å². The Kier molecular flexibility index (Phi) is 4.21. The number of amides is 1. The van der Waals surface area contributed by atoms with Gasteiger partial charge in [0.2, 0.25) is 5.91 Å². The molecule has 1 saturated carbocycles. The molecule has 2 atom stereocenters. The molecule has 0 aliphatic heterocycles. The number of aliphatic carboxylic acids is 1. The minimum absolute atomic E-state index is 0.210. The van der Waals surface area contributed by atoms with E-state index in [0.717, 1.165) is 11.3 Å². The lowest BCUT2D eigenvalue weighted by Crippen LogP contribution is -2.27. The average molecular weight is 291 g/mol. The minimum Gasteiger partial charge on any atom is -0.494 e. The molecule has 1 fully saturated rings. The number of carboxylic acids is 1. The van der Waals surface area contributed by atoms with Crippen LogP contribution < -0.4 is 10.1 Å². The fourth-order valence-corrected chi connectivity index (χ4v) is 2.83. The average Bonchev–Trinajstić information content (AvgIpc) is 3.01. The highest BCUT2D eigenvalue weighted by Gasteiger charge is 2.65. The summed E-state index contributed by atoms with van der Waals surface area (Å²) >= 11 is 0. The van der Waals surface area contributed by atoms with Crippen molar-refractivity contribution in [1.29, 1.82) is 0 Å². The van der Waals surface area contributed by atoms with Gasteiger partial charge < -0.3 is 15.2 Å². The van der Waals surface area contributed by atoms with Crippen molar-refractivity contribution in [3.05, 3.63) is 29.8 Å². The summed E-state index contributed by atoms with van der Waals surface area (Å²) in [7, 11) is 0. The van der Waals surface area contributed by atoms with Crippen molar-refractivity contribution in [3.63, 3.8) is 0 Å². The Bertz CT molecular complexity index is 553. The summed E-state index contributed by atoms with van der Waals surface area (Å²) in [6.45, 7) is 6.42. The van der Waals surface area contributed by atoms with E-state index in [1.807, 2.05) is 45.0 Å². The summed E-state index contributed by atoms with van der Waals surface area (Å²) in [5.41, 5.74) is 0.410. The first kappa shape index (κ1) is 15.4. The molecule has 0 radical (unpaired) electrons. The lowest BCUT2D eigenvalue weighted by atomic mass is 10.1. The Morgan fingerprint density at radius 1 is 1.29 bits per heavy atom. The van der Waals surface area contributed by atoms with Crippen LogP contribution in [0.3, 0.4) is 0 Å². The van der Waals surface area contributed by atoms with E-state index in [1.54, 1.807) is 0 Å². The number of carbonyl (C=O) groups excluding carboxylic acids is 1.